The van der Waals surface area contributed by atoms with Gasteiger partial charge < -0.3 is 0 Å². The monoisotopic (exact) mass is 270 g/mol. The number of hydrogen-bond acceptors (Lipinski definition) is 2. The topological polar surface area (TPSA) is 54.4 Å². The number of hydrogen-bond donors (Lipinski definition) is 1. The molecule has 1 unspecified atom stereocenters. The highest BCUT2D eigenvalue weighted by molar-refractivity contribution is 7.85. The van der Waals surface area contributed by atoms with Crippen LogP contribution in [0.3, 0.4) is 0 Å². The van der Waals surface area contributed by atoms with Crippen LogP contribution in [0.5, 0.6) is 0 Å². The highest BCUT2D eigenvalue weighted by atomic mass is 32.2. The molecule has 1 rings (SSSR count). The van der Waals surface area contributed by atoms with Gasteiger partial charge in [-0.05, 0) is 41.9 Å². The summed E-state index contributed by atoms with van der Waals surface area (Å²) in [5.74, 6) is 1.52. The number of rotatable bonds is 5. The Bertz CT molecular complexity index is 472. The van der Waals surface area contributed by atoms with Gasteiger partial charge >= 0.3 is 0 Å². The molecule has 0 bridgehead atoms. The van der Waals surface area contributed by atoms with Crippen molar-refractivity contribution in [2.75, 3.05) is 0 Å². The van der Waals surface area contributed by atoms with Crippen molar-refractivity contribution in [1.82, 2.24) is 0 Å². The minimum Gasteiger partial charge on any atom is -0.282 e. The molecule has 4 heteroatoms. The lowest BCUT2D eigenvalue weighted by molar-refractivity contribution is 0.407. The van der Waals surface area contributed by atoms with Crippen molar-refractivity contribution < 1.29 is 13.0 Å². The van der Waals surface area contributed by atoms with E-state index in [4.69, 9.17) is 4.55 Å². The van der Waals surface area contributed by atoms with E-state index in [1.165, 1.54) is 12.1 Å². The quantitative estimate of drug-likeness (QED) is 0.830. The second kappa shape index (κ2) is 5.85. The lowest BCUT2D eigenvalue weighted by Crippen LogP contribution is -2.10. The van der Waals surface area contributed by atoms with E-state index >= 15 is 0 Å². The minimum atomic E-state index is -4.09. The van der Waals surface area contributed by atoms with Crippen LogP contribution in [0.1, 0.15) is 45.6 Å². The summed E-state index contributed by atoms with van der Waals surface area (Å²) >= 11 is 0. The largest absolute Gasteiger partial charge is 0.294 e. The van der Waals surface area contributed by atoms with Crippen LogP contribution < -0.4 is 0 Å². The van der Waals surface area contributed by atoms with Crippen molar-refractivity contribution in [3.8, 4) is 0 Å². The molecule has 18 heavy (non-hydrogen) atoms. The minimum absolute atomic E-state index is 0.0432. The third kappa shape index (κ3) is 4.10. The molecule has 0 aromatic heterocycles. The molecule has 0 radical (unpaired) electrons. The molecule has 1 atom stereocenters. The summed E-state index contributed by atoms with van der Waals surface area (Å²) in [5, 5.41) is 0. The molecular formula is C14H22O3S. The lowest BCUT2D eigenvalue weighted by Gasteiger charge is -2.23. The fourth-order valence-electron chi connectivity index (χ4n) is 2.19. The molecule has 102 valence electrons. The Hall–Kier alpha value is -0.870. The predicted molar refractivity (Wildman–Crippen MR) is 73.3 cm³/mol. The Morgan fingerprint density at radius 3 is 1.89 bits per heavy atom. The average Bonchev–Trinajstić information content (AvgIpc) is 2.24. The molecule has 0 spiro atoms. The average molecular weight is 270 g/mol. The van der Waals surface area contributed by atoms with Gasteiger partial charge in [-0.3, -0.25) is 4.55 Å². The maximum absolute atomic E-state index is 11.0. The summed E-state index contributed by atoms with van der Waals surface area (Å²) in [5.41, 5.74) is 1.13. The molecule has 0 fully saturated rings. The summed E-state index contributed by atoms with van der Waals surface area (Å²) < 4.78 is 30.9. The van der Waals surface area contributed by atoms with Gasteiger partial charge in [-0.15, -0.1) is 0 Å². The zero-order valence-electron chi connectivity index (χ0n) is 11.4. The SMILES string of the molecule is CC(C)CC(c1ccc(S(=O)(=O)O)cc1)C(C)C. The highest BCUT2D eigenvalue weighted by Gasteiger charge is 2.18. The van der Waals surface area contributed by atoms with E-state index in [2.05, 4.69) is 27.7 Å². The van der Waals surface area contributed by atoms with Crippen LogP contribution in [0.25, 0.3) is 0 Å². The van der Waals surface area contributed by atoms with E-state index in [1.54, 1.807) is 12.1 Å². The Labute approximate surface area is 110 Å². The zero-order chi connectivity index (χ0) is 13.9. The van der Waals surface area contributed by atoms with Gasteiger partial charge in [0.1, 0.15) is 0 Å². The molecule has 0 aliphatic rings. The third-order valence-electron chi connectivity index (χ3n) is 3.14. The van der Waals surface area contributed by atoms with Crippen LogP contribution in [-0.2, 0) is 10.1 Å². The fourth-order valence-corrected chi connectivity index (χ4v) is 2.67. The normalized spacial score (nSPS) is 14.2. The van der Waals surface area contributed by atoms with E-state index in [9.17, 15) is 8.42 Å². The first-order chi connectivity index (χ1) is 8.21. The Balaban J connectivity index is 3.01. The van der Waals surface area contributed by atoms with E-state index in [0.717, 1.165) is 12.0 Å². The van der Waals surface area contributed by atoms with Gasteiger partial charge in [0.25, 0.3) is 10.1 Å². The van der Waals surface area contributed by atoms with Crippen molar-refractivity contribution >= 4 is 10.1 Å². The molecular weight excluding hydrogens is 248 g/mol. The van der Waals surface area contributed by atoms with Crippen molar-refractivity contribution in [2.45, 2.75) is 44.9 Å². The van der Waals surface area contributed by atoms with Gasteiger partial charge in [0.05, 0.1) is 4.90 Å². The van der Waals surface area contributed by atoms with E-state index < -0.39 is 10.1 Å². The standard InChI is InChI=1S/C14H22O3S/c1-10(2)9-14(11(3)4)12-5-7-13(8-6-12)18(15,16)17/h5-8,10-11,14H,9H2,1-4H3,(H,15,16,17). The Kier molecular flexibility index (Phi) is 4.93. The predicted octanol–water partition coefficient (Wildman–Crippen LogP) is 3.72. The second-order valence-corrected chi connectivity index (χ2v) is 6.95. The number of benzene rings is 1. The smallest absolute Gasteiger partial charge is 0.282 e. The van der Waals surface area contributed by atoms with Gasteiger partial charge in [-0.25, -0.2) is 0 Å². The van der Waals surface area contributed by atoms with Crippen LogP contribution in [0.2, 0.25) is 0 Å². The second-order valence-electron chi connectivity index (χ2n) is 5.52. The van der Waals surface area contributed by atoms with E-state index in [-0.39, 0.29) is 4.90 Å². The van der Waals surface area contributed by atoms with Gasteiger partial charge in [-0.1, -0.05) is 39.8 Å². The third-order valence-corrected chi connectivity index (χ3v) is 4.00. The van der Waals surface area contributed by atoms with E-state index in [1.807, 2.05) is 0 Å². The molecule has 0 saturated carbocycles. The van der Waals surface area contributed by atoms with Gasteiger partial charge in [-0.2, -0.15) is 8.42 Å². The maximum Gasteiger partial charge on any atom is 0.294 e. The molecule has 0 saturated heterocycles. The van der Waals surface area contributed by atoms with Crippen molar-refractivity contribution in [2.24, 2.45) is 11.8 Å². The maximum atomic E-state index is 11.0. The van der Waals surface area contributed by atoms with Crippen molar-refractivity contribution in [3.63, 3.8) is 0 Å². The molecule has 3 nitrogen and oxygen atoms in total. The van der Waals surface area contributed by atoms with Crippen LogP contribution in [0, 0.1) is 11.8 Å². The molecule has 1 aromatic carbocycles. The molecule has 1 N–H and O–H groups in total. The van der Waals surface area contributed by atoms with Crippen LogP contribution in [0.4, 0.5) is 0 Å². The lowest BCUT2D eigenvalue weighted by atomic mass is 9.82. The first-order valence-corrected chi connectivity index (χ1v) is 7.73. The Morgan fingerprint density at radius 2 is 1.56 bits per heavy atom. The molecule has 0 amide bonds. The first-order valence-electron chi connectivity index (χ1n) is 6.29. The summed E-state index contributed by atoms with van der Waals surface area (Å²) in [4.78, 5) is -0.0432. The molecule has 1 aromatic rings. The summed E-state index contributed by atoms with van der Waals surface area (Å²) in [7, 11) is -4.09. The summed E-state index contributed by atoms with van der Waals surface area (Å²) in [6.07, 6.45) is 1.07. The molecule has 0 heterocycles. The van der Waals surface area contributed by atoms with Crippen molar-refractivity contribution in [1.29, 1.82) is 0 Å². The highest BCUT2D eigenvalue weighted by Crippen LogP contribution is 2.31. The van der Waals surface area contributed by atoms with Gasteiger partial charge in [0.2, 0.25) is 0 Å². The van der Waals surface area contributed by atoms with Crippen LogP contribution in [0.15, 0.2) is 29.2 Å². The van der Waals surface area contributed by atoms with Gasteiger partial charge in [0, 0.05) is 0 Å². The van der Waals surface area contributed by atoms with Crippen LogP contribution in [-0.4, -0.2) is 13.0 Å². The summed E-state index contributed by atoms with van der Waals surface area (Å²) in [6, 6.07) is 6.55. The molecule has 0 aliphatic heterocycles. The fraction of sp³-hybridized carbons (Fsp3) is 0.571. The Morgan fingerprint density at radius 1 is 1.06 bits per heavy atom. The van der Waals surface area contributed by atoms with Crippen LogP contribution >= 0.6 is 0 Å². The summed E-state index contributed by atoms with van der Waals surface area (Å²) in [6.45, 7) is 8.71. The zero-order valence-corrected chi connectivity index (χ0v) is 12.2. The van der Waals surface area contributed by atoms with Crippen molar-refractivity contribution in [3.05, 3.63) is 29.8 Å². The van der Waals surface area contributed by atoms with E-state index in [0.29, 0.717) is 17.8 Å². The first kappa shape index (κ1) is 15.2. The molecule has 0 aliphatic carbocycles. The van der Waals surface area contributed by atoms with Gasteiger partial charge in [0.15, 0.2) is 0 Å².